The third kappa shape index (κ3) is 5.71. The van der Waals surface area contributed by atoms with E-state index in [1.165, 1.54) is 11.8 Å². The Morgan fingerprint density at radius 1 is 1.03 bits per heavy atom. The molecular weight excluding hydrogens is 412 g/mol. The van der Waals surface area contributed by atoms with Crippen molar-refractivity contribution in [2.24, 2.45) is 0 Å². The van der Waals surface area contributed by atoms with E-state index in [1.807, 2.05) is 36.6 Å². The molecule has 0 saturated heterocycles. The number of carboxylic acids is 1. The van der Waals surface area contributed by atoms with Gasteiger partial charge in [-0.2, -0.15) is 11.8 Å². The molecular formula is C24H24N2O4S. The van der Waals surface area contributed by atoms with Gasteiger partial charge in [-0.1, -0.05) is 36.4 Å². The first-order chi connectivity index (χ1) is 15.0. The maximum absolute atomic E-state index is 13.0. The summed E-state index contributed by atoms with van der Waals surface area (Å²) in [6.07, 6.45) is 4.57. The molecule has 2 unspecified atom stereocenters. The highest BCUT2D eigenvalue weighted by molar-refractivity contribution is 7.98. The van der Waals surface area contributed by atoms with Crippen molar-refractivity contribution in [1.82, 2.24) is 10.3 Å². The standard InChI is InChI=1S/C24H24N2O4S/c1-31-14-11-21(24(29)30)26-23(28)19-8-7-18(22(27)17-9-12-25-13-10-17)15-20(19)16-5-3-2-4-6-16/h2-10,12-13,15,21-22,27H,11,14H2,1H3,(H,26,28)(H,29,30). The highest BCUT2D eigenvalue weighted by Gasteiger charge is 2.23. The van der Waals surface area contributed by atoms with Crippen LogP contribution < -0.4 is 5.32 Å². The molecule has 2 aromatic carbocycles. The largest absolute Gasteiger partial charge is 0.480 e. The molecule has 0 radical (unpaired) electrons. The minimum Gasteiger partial charge on any atom is -0.480 e. The van der Waals surface area contributed by atoms with Crippen LogP contribution in [-0.2, 0) is 4.79 Å². The molecule has 1 heterocycles. The van der Waals surface area contributed by atoms with E-state index in [1.54, 1.807) is 42.7 Å². The molecule has 6 nitrogen and oxygen atoms in total. The summed E-state index contributed by atoms with van der Waals surface area (Å²) < 4.78 is 0. The quantitative estimate of drug-likeness (QED) is 0.472. The van der Waals surface area contributed by atoms with Gasteiger partial charge in [0.25, 0.3) is 5.91 Å². The highest BCUT2D eigenvalue weighted by atomic mass is 32.2. The molecule has 31 heavy (non-hydrogen) atoms. The van der Waals surface area contributed by atoms with Crippen LogP contribution in [0.15, 0.2) is 73.1 Å². The molecule has 1 amide bonds. The van der Waals surface area contributed by atoms with Crippen LogP contribution in [-0.4, -0.2) is 45.1 Å². The van der Waals surface area contributed by atoms with Crippen molar-refractivity contribution in [2.75, 3.05) is 12.0 Å². The van der Waals surface area contributed by atoms with Crippen LogP contribution in [0.5, 0.6) is 0 Å². The average molecular weight is 437 g/mol. The van der Waals surface area contributed by atoms with Gasteiger partial charge >= 0.3 is 5.97 Å². The van der Waals surface area contributed by atoms with Gasteiger partial charge in [0.1, 0.15) is 12.1 Å². The van der Waals surface area contributed by atoms with E-state index in [9.17, 15) is 19.8 Å². The van der Waals surface area contributed by atoms with Gasteiger partial charge in [-0.15, -0.1) is 0 Å². The number of aliphatic carboxylic acids is 1. The molecule has 0 bridgehead atoms. The molecule has 160 valence electrons. The fraction of sp³-hybridized carbons (Fsp3) is 0.208. The number of hydrogen-bond donors (Lipinski definition) is 3. The molecule has 0 aliphatic rings. The molecule has 0 fully saturated rings. The Hall–Kier alpha value is -3.16. The number of hydrogen-bond acceptors (Lipinski definition) is 5. The third-order valence-corrected chi connectivity index (χ3v) is 5.57. The number of thioether (sulfide) groups is 1. The van der Waals surface area contributed by atoms with Gasteiger partial charge in [0, 0.05) is 18.0 Å². The Balaban J connectivity index is 1.98. The topological polar surface area (TPSA) is 99.5 Å². The Bertz CT molecular complexity index is 1030. The normalized spacial score (nSPS) is 12.7. The van der Waals surface area contributed by atoms with Crippen LogP contribution in [0.2, 0.25) is 0 Å². The zero-order valence-electron chi connectivity index (χ0n) is 17.1. The fourth-order valence-corrected chi connectivity index (χ4v) is 3.73. The van der Waals surface area contributed by atoms with Crippen LogP contribution >= 0.6 is 11.8 Å². The lowest BCUT2D eigenvalue weighted by molar-refractivity contribution is -0.139. The molecule has 0 saturated carbocycles. The fourth-order valence-electron chi connectivity index (χ4n) is 3.25. The van der Waals surface area contributed by atoms with Crippen molar-refractivity contribution in [3.8, 4) is 11.1 Å². The van der Waals surface area contributed by atoms with Crippen molar-refractivity contribution < 1.29 is 19.8 Å². The smallest absolute Gasteiger partial charge is 0.326 e. The number of nitrogens with zero attached hydrogens (tertiary/aromatic N) is 1. The summed E-state index contributed by atoms with van der Waals surface area (Å²) in [7, 11) is 0. The summed E-state index contributed by atoms with van der Waals surface area (Å²) >= 11 is 1.53. The van der Waals surface area contributed by atoms with Crippen molar-refractivity contribution in [3.05, 3.63) is 89.7 Å². The van der Waals surface area contributed by atoms with Crippen molar-refractivity contribution >= 4 is 23.6 Å². The van der Waals surface area contributed by atoms with Crippen molar-refractivity contribution in [3.63, 3.8) is 0 Å². The van der Waals surface area contributed by atoms with Crippen molar-refractivity contribution in [1.29, 1.82) is 0 Å². The van der Waals surface area contributed by atoms with Crippen LogP contribution in [0, 0.1) is 0 Å². The number of aromatic nitrogens is 1. The Kier molecular flexibility index (Phi) is 7.81. The van der Waals surface area contributed by atoms with Gasteiger partial charge in [-0.05, 0) is 64.9 Å². The zero-order chi connectivity index (χ0) is 22.2. The van der Waals surface area contributed by atoms with E-state index in [4.69, 9.17) is 0 Å². The summed E-state index contributed by atoms with van der Waals surface area (Å²) in [5.41, 5.74) is 3.09. The molecule has 7 heteroatoms. The predicted octanol–water partition coefficient (Wildman–Crippen LogP) is 3.77. The van der Waals surface area contributed by atoms with E-state index in [2.05, 4.69) is 10.3 Å². The summed E-state index contributed by atoms with van der Waals surface area (Å²) in [6, 6.07) is 16.9. The van der Waals surface area contributed by atoms with Gasteiger partial charge in [-0.3, -0.25) is 9.78 Å². The maximum atomic E-state index is 13.0. The molecule has 1 aromatic heterocycles. The van der Waals surface area contributed by atoms with Crippen molar-refractivity contribution in [2.45, 2.75) is 18.6 Å². The van der Waals surface area contributed by atoms with Crippen LogP contribution in [0.25, 0.3) is 11.1 Å². The Morgan fingerprint density at radius 2 is 1.74 bits per heavy atom. The highest BCUT2D eigenvalue weighted by Crippen LogP contribution is 2.30. The summed E-state index contributed by atoms with van der Waals surface area (Å²) in [5.74, 6) is -0.898. The van der Waals surface area contributed by atoms with E-state index >= 15 is 0 Å². The average Bonchev–Trinajstić information content (AvgIpc) is 2.81. The maximum Gasteiger partial charge on any atom is 0.326 e. The van der Waals surface area contributed by atoms with E-state index in [0.29, 0.717) is 34.4 Å². The molecule has 3 rings (SSSR count). The zero-order valence-corrected chi connectivity index (χ0v) is 17.9. The first kappa shape index (κ1) is 22.5. The van der Waals surface area contributed by atoms with Crippen LogP contribution in [0.4, 0.5) is 0 Å². The molecule has 0 aliphatic heterocycles. The van der Waals surface area contributed by atoms with Gasteiger partial charge in [0.05, 0.1) is 0 Å². The first-order valence-electron chi connectivity index (χ1n) is 9.81. The Labute approximate surface area is 185 Å². The number of amides is 1. The lowest BCUT2D eigenvalue weighted by atomic mass is 9.93. The second kappa shape index (κ2) is 10.7. The number of benzene rings is 2. The minimum atomic E-state index is -1.06. The van der Waals surface area contributed by atoms with E-state index in [-0.39, 0.29) is 0 Å². The molecule has 0 spiro atoms. The summed E-state index contributed by atoms with van der Waals surface area (Å²) in [5, 5.41) is 22.9. The van der Waals surface area contributed by atoms with E-state index in [0.717, 1.165) is 5.56 Å². The monoisotopic (exact) mass is 436 g/mol. The van der Waals surface area contributed by atoms with Gasteiger partial charge < -0.3 is 15.5 Å². The third-order valence-electron chi connectivity index (χ3n) is 4.92. The number of aliphatic hydroxyl groups excluding tert-OH is 1. The SMILES string of the molecule is CSCCC(NC(=O)c1ccc(C(O)c2ccncc2)cc1-c1ccccc1)C(=O)O. The van der Waals surface area contributed by atoms with E-state index < -0.39 is 24.0 Å². The lowest BCUT2D eigenvalue weighted by Gasteiger charge is -2.18. The van der Waals surface area contributed by atoms with Crippen LogP contribution in [0.3, 0.4) is 0 Å². The first-order valence-corrected chi connectivity index (χ1v) is 11.2. The molecule has 2 atom stereocenters. The number of nitrogens with one attached hydrogen (secondary N) is 1. The lowest BCUT2D eigenvalue weighted by Crippen LogP contribution is -2.41. The minimum absolute atomic E-state index is 0.335. The second-order valence-corrected chi connectivity index (χ2v) is 7.99. The number of pyridine rings is 1. The number of aliphatic hydroxyl groups is 1. The number of carbonyl (C=O) groups is 2. The predicted molar refractivity (Wildman–Crippen MR) is 122 cm³/mol. The molecule has 3 aromatic rings. The van der Waals surface area contributed by atoms with Gasteiger partial charge in [0.2, 0.25) is 0 Å². The van der Waals surface area contributed by atoms with Gasteiger partial charge in [0.15, 0.2) is 0 Å². The molecule has 0 aliphatic carbocycles. The van der Waals surface area contributed by atoms with Crippen LogP contribution in [0.1, 0.15) is 34.0 Å². The second-order valence-electron chi connectivity index (χ2n) is 7.00. The number of carbonyl (C=O) groups excluding carboxylic acids is 1. The summed E-state index contributed by atoms with van der Waals surface area (Å²) in [4.78, 5) is 28.6. The van der Waals surface area contributed by atoms with Gasteiger partial charge in [-0.25, -0.2) is 4.79 Å². The molecule has 3 N–H and O–H groups in total. The Morgan fingerprint density at radius 3 is 2.39 bits per heavy atom. The number of carboxylic acid groups (broad SMARTS) is 1. The number of rotatable bonds is 9. The summed E-state index contributed by atoms with van der Waals surface area (Å²) in [6.45, 7) is 0.